The van der Waals surface area contributed by atoms with Gasteiger partial charge in [-0.3, -0.25) is 0 Å². The largest absolute Gasteiger partial charge is 0.493 e. The number of ether oxygens (including phenoxy) is 2. The van der Waals surface area contributed by atoms with Crippen LogP contribution in [0.1, 0.15) is 35.1 Å². The summed E-state index contributed by atoms with van der Waals surface area (Å²) in [5.41, 5.74) is 2.38. The Balaban J connectivity index is 2.27. The summed E-state index contributed by atoms with van der Waals surface area (Å²) in [4.78, 5) is 17.4. The summed E-state index contributed by atoms with van der Waals surface area (Å²) < 4.78 is 10.6. The third kappa shape index (κ3) is 3.05. The van der Waals surface area contributed by atoms with E-state index in [9.17, 15) is 9.90 Å². The van der Waals surface area contributed by atoms with Gasteiger partial charge >= 0.3 is 5.97 Å². The highest BCUT2D eigenvalue weighted by Crippen LogP contribution is 2.41. The van der Waals surface area contributed by atoms with Crippen LogP contribution in [-0.4, -0.2) is 30.3 Å². The molecule has 25 heavy (non-hydrogen) atoms. The van der Waals surface area contributed by atoms with E-state index in [4.69, 9.17) is 9.47 Å². The first kappa shape index (κ1) is 17.2. The standard InChI is InChI=1S/C19H19NO4S/c1-10(2)13-7-6-12-16(17(19(21)22)25-18(12)20-13)11-5-8-14(23-3)15(9-11)24-4/h5-10H,1-4H3,(H,21,22). The van der Waals surface area contributed by atoms with Gasteiger partial charge in [0.15, 0.2) is 11.5 Å². The van der Waals surface area contributed by atoms with Crippen molar-refractivity contribution in [3.8, 4) is 22.6 Å². The molecule has 1 N–H and O–H groups in total. The molecule has 2 aromatic heterocycles. The number of pyridine rings is 1. The van der Waals surface area contributed by atoms with Crippen molar-refractivity contribution in [1.82, 2.24) is 4.98 Å². The molecule has 0 bridgehead atoms. The van der Waals surface area contributed by atoms with E-state index >= 15 is 0 Å². The minimum Gasteiger partial charge on any atom is -0.493 e. The third-order valence-corrected chi connectivity index (χ3v) is 5.12. The van der Waals surface area contributed by atoms with Crippen LogP contribution in [0.4, 0.5) is 0 Å². The summed E-state index contributed by atoms with van der Waals surface area (Å²) in [5, 5.41) is 10.5. The molecule has 0 aliphatic carbocycles. The summed E-state index contributed by atoms with van der Waals surface area (Å²) in [5.74, 6) is 0.480. The summed E-state index contributed by atoms with van der Waals surface area (Å²) in [7, 11) is 3.12. The van der Waals surface area contributed by atoms with Gasteiger partial charge in [-0.05, 0) is 35.7 Å². The van der Waals surface area contributed by atoms with Crippen LogP contribution in [-0.2, 0) is 0 Å². The maximum atomic E-state index is 11.8. The first-order valence-corrected chi connectivity index (χ1v) is 8.67. The van der Waals surface area contributed by atoms with E-state index < -0.39 is 5.97 Å². The number of nitrogens with zero attached hydrogens (tertiary/aromatic N) is 1. The molecule has 0 aliphatic heterocycles. The Labute approximate surface area is 149 Å². The lowest BCUT2D eigenvalue weighted by atomic mass is 10.0. The van der Waals surface area contributed by atoms with Crippen LogP contribution < -0.4 is 9.47 Å². The minimum absolute atomic E-state index is 0.274. The molecule has 3 rings (SSSR count). The van der Waals surface area contributed by atoms with Gasteiger partial charge in [0.1, 0.15) is 9.71 Å². The van der Waals surface area contributed by atoms with Crippen molar-refractivity contribution in [3.63, 3.8) is 0 Å². The van der Waals surface area contributed by atoms with Gasteiger partial charge in [0, 0.05) is 16.6 Å². The van der Waals surface area contributed by atoms with E-state index in [0.29, 0.717) is 17.1 Å². The fourth-order valence-electron chi connectivity index (χ4n) is 2.74. The van der Waals surface area contributed by atoms with Crippen molar-refractivity contribution in [2.75, 3.05) is 14.2 Å². The monoisotopic (exact) mass is 357 g/mol. The van der Waals surface area contributed by atoms with Crippen LogP contribution in [0.3, 0.4) is 0 Å². The first-order chi connectivity index (χ1) is 12.0. The number of aromatic nitrogens is 1. The number of aromatic carboxylic acids is 1. The maximum Gasteiger partial charge on any atom is 0.346 e. The van der Waals surface area contributed by atoms with Crippen LogP contribution in [0.15, 0.2) is 30.3 Å². The van der Waals surface area contributed by atoms with Gasteiger partial charge in [-0.15, -0.1) is 11.3 Å². The zero-order chi connectivity index (χ0) is 18.1. The fourth-order valence-corrected chi connectivity index (χ4v) is 3.78. The topological polar surface area (TPSA) is 68.7 Å². The Hall–Kier alpha value is -2.60. The summed E-state index contributed by atoms with van der Waals surface area (Å²) >= 11 is 1.20. The molecule has 0 saturated heterocycles. The molecule has 0 aliphatic rings. The molecule has 3 aromatic rings. The number of hydrogen-bond donors (Lipinski definition) is 1. The molecule has 0 saturated carbocycles. The number of carbonyl (C=O) groups is 1. The molecular formula is C19H19NO4S. The van der Waals surface area contributed by atoms with Crippen LogP contribution in [0, 0.1) is 0 Å². The van der Waals surface area contributed by atoms with Gasteiger partial charge in [-0.2, -0.15) is 0 Å². The van der Waals surface area contributed by atoms with Crippen molar-refractivity contribution < 1.29 is 19.4 Å². The number of carboxylic acids is 1. The Morgan fingerprint density at radius 3 is 2.44 bits per heavy atom. The lowest BCUT2D eigenvalue weighted by Gasteiger charge is -2.10. The molecule has 0 fully saturated rings. The number of carboxylic acid groups (broad SMARTS) is 1. The van der Waals surface area contributed by atoms with Crippen LogP contribution in [0.25, 0.3) is 21.3 Å². The smallest absolute Gasteiger partial charge is 0.346 e. The highest BCUT2D eigenvalue weighted by Gasteiger charge is 2.21. The number of benzene rings is 1. The average molecular weight is 357 g/mol. The molecule has 1 aromatic carbocycles. The van der Waals surface area contributed by atoms with Crippen molar-refractivity contribution in [1.29, 1.82) is 0 Å². The van der Waals surface area contributed by atoms with Gasteiger partial charge in [0.25, 0.3) is 0 Å². The Morgan fingerprint density at radius 2 is 1.84 bits per heavy atom. The molecular weight excluding hydrogens is 338 g/mol. The predicted molar refractivity (Wildman–Crippen MR) is 99.2 cm³/mol. The highest BCUT2D eigenvalue weighted by molar-refractivity contribution is 7.21. The molecule has 0 unspecified atom stereocenters. The Bertz CT molecular complexity index is 946. The molecule has 0 spiro atoms. The quantitative estimate of drug-likeness (QED) is 0.710. The lowest BCUT2D eigenvalue weighted by Crippen LogP contribution is -1.96. The van der Waals surface area contributed by atoms with Crippen molar-refractivity contribution in [2.45, 2.75) is 19.8 Å². The van der Waals surface area contributed by atoms with Gasteiger partial charge in [-0.25, -0.2) is 9.78 Å². The summed E-state index contributed by atoms with van der Waals surface area (Å²) in [6.45, 7) is 4.13. The molecule has 130 valence electrons. The first-order valence-electron chi connectivity index (χ1n) is 7.85. The predicted octanol–water partition coefficient (Wildman–Crippen LogP) is 4.80. The molecule has 0 radical (unpaired) electrons. The van der Waals surface area contributed by atoms with Gasteiger partial charge in [0.05, 0.1) is 14.2 Å². The minimum atomic E-state index is -0.959. The van der Waals surface area contributed by atoms with Crippen molar-refractivity contribution in [2.24, 2.45) is 0 Å². The van der Waals surface area contributed by atoms with Crippen LogP contribution >= 0.6 is 11.3 Å². The number of hydrogen-bond acceptors (Lipinski definition) is 5. The number of fused-ring (bicyclic) bond motifs is 1. The Kier molecular flexibility index (Phi) is 4.63. The number of rotatable bonds is 5. The summed E-state index contributed by atoms with van der Waals surface area (Å²) in [6.07, 6.45) is 0. The maximum absolute atomic E-state index is 11.8. The van der Waals surface area contributed by atoms with Gasteiger partial charge < -0.3 is 14.6 Å². The number of thiophene rings is 1. The summed E-state index contributed by atoms with van der Waals surface area (Å²) in [6, 6.07) is 9.32. The van der Waals surface area contributed by atoms with Gasteiger partial charge in [-0.1, -0.05) is 19.9 Å². The van der Waals surface area contributed by atoms with E-state index in [-0.39, 0.29) is 10.8 Å². The van der Waals surface area contributed by atoms with Crippen LogP contribution in [0.2, 0.25) is 0 Å². The zero-order valence-electron chi connectivity index (χ0n) is 14.5. The van der Waals surface area contributed by atoms with E-state index in [1.807, 2.05) is 18.2 Å². The highest BCUT2D eigenvalue weighted by atomic mass is 32.1. The molecule has 2 heterocycles. The second-order valence-corrected chi connectivity index (χ2v) is 6.92. The fraction of sp³-hybridized carbons (Fsp3) is 0.263. The second-order valence-electron chi connectivity index (χ2n) is 5.92. The molecule has 0 amide bonds. The van der Waals surface area contributed by atoms with E-state index in [1.165, 1.54) is 11.3 Å². The van der Waals surface area contributed by atoms with E-state index in [0.717, 1.165) is 21.5 Å². The molecule has 6 heteroatoms. The third-order valence-electron chi connectivity index (χ3n) is 4.03. The zero-order valence-corrected chi connectivity index (χ0v) is 15.3. The Morgan fingerprint density at radius 1 is 1.12 bits per heavy atom. The lowest BCUT2D eigenvalue weighted by molar-refractivity contribution is 0.0703. The van der Waals surface area contributed by atoms with Crippen molar-refractivity contribution >= 4 is 27.5 Å². The van der Waals surface area contributed by atoms with E-state index in [1.54, 1.807) is 26.4 Å². The average Bonchev–Trinajstić information content (AvgIpc) is 2.99. The van der Waals surface area contributed by atoms with Crippen molar-refractivity contribution in [3.05, 3.63) is 40.9 Å². The molecule has 0 atom stereocenters. The van der Waals surface area contributed by atoms with E-state index in [2.05, 4.69) is 18.8 Å². The van der Waals surface area contributed by atoms with Crippen LogP contribution in [0.5, 0.6) is 11.5 Å². The van der Waals surface area contributed by atoms with Gasteiger partial charge in [0.2, 0.25) is 0 Å². The molecule has 5 nitrogen and oxygen atoms in total. The number of methoxy groups -OCH3 is 2. The SMILES string of the molecule is COc1ccc(-c2c(C(=O)O)sc3nc(C(C)C)ccc23)cc1OC. The normalized spacial score (nSPS) is 11.1. The second kappa shape index (κ2) is 6.72.